The largest absolute Gasteiger partial charge is 0.460 e. The van der Waals surface area contributed by atoms with E-state index < -0.39 is 21.8 Å². The molecule has 0 fully saturated rings. The summed E-state index contributed by atoms with van der Waals surface area (Å²) in [6, 6.07) is 7.40. The summed E-state index contributed by atoms with van der Waals surface area (Å²) in [6.07, 6.45) is 0.798. The first-order valence-corrected chi connectivity index (χ1v) is 6.71. The van der Waals surface area contributed by atoms with Gasteiger partial charge in [-0.1, -0.05) is 30.6 Å². The highest BCUT2D eigenvalue weighted by Crippen LogP contribution is 2.09. The van der Waals surface area contributed by atoms with Crippen LogP contribution >= 0.6 is 0 Å². The molecule has 0 aliphatic heterocycles. The van der Waals surface area contributed by atoms with Gasteiger partial charge < -0.3 is 4.74 Å². The second-order valence-corrected chi connectivity index (χ2v) is 4.96. The first-order chi connectivity index (χ1) is 7.92. The van der Waals surface area contributed by atoms with Crippen molar-refractivity contribution in [3.05, 3.63) is 35.4 Å². The number of hydrogen-bond donors (Lipinski definition) is 1. The quantitative estimate of drug-likeness (QED) is 0.446. The van der Waals surface area contributed by atoms with Gasteiger partial charge in [0.2, 0.25) is 0 Å². The van der Waals surface area contributed by atoms with Crippen molar-refractivity contribution in [3.63, 3.8) is 0 Å². The van der Waals surface area contributed by atoms with Gasteiger partial charge in [-0.05, 0) is 11.1 Å². The summed E-state index contributed by atoms with van der Waals surface area (Å²) < 4.78 is 34.1. The summed E-state index contributed by atoms with van der Waals surface area (Å²) in [4.78, 5) is 11.1. The summed E-state index contributed by atoms with van der Waals surface area (Å²) in [5.74, 6) is -1.97. The van der Waals surface area contributed by atoms with Crippen LogP contribution in [0.2, 0.25) is 0 Å². The molecule has 0 aromatic heterocycles. The topological polar surface area (TPSA) is 80.7 Å². The highest BCUT2D eigenvalue weighted by Gasteiger charge is 2.14. The Morgan fingerprint density at radius 2 is 1.88 bits per heavy atom. The van der Waals surface area contributed by atoms with Crippen molar-refractivity contribution in [2.45, 2.75) is 12.9 Å². The third kappa shape index (κ3) is 5.01. The van der Waals surface area contributed by atoms with E-state index in [1.807, 2.05) is 26.0 Å². The third-order valence-electron chi connectivity index (χ3n) is 2.19. The molecule has 0 aliphatic rings. The Morgan fingerprint density at radius 1 is 1.29 bits per heavy atom. The lowest BCUT2D eigenvalue weighted by Gasteiger charge is -2.08. The Kier molecular flexibility index (Phi) is 4.71. The van der Waals surface area contributed by atoms with Crippen LogP contribution in [-0.2, 0) is 32.6 Å². The van der Waals surface area contributed by atoms with E-state index in [1.165, 1.54) is 0 Å². The van der Waals surface area contributed by atoms with E-state index in [1.54, 1.807) is 6.07 Å². The van der Waals surface area contributed by atoms with Gasteiger partial charge in [0.05, 0.1) is 0 Å². The number of benzene rings is 1. The van der Waals surface area contributed by atoms with Crippen LogP contribution in [0.25, 0.3) is 0 Å². The normalized spacial score (nSPS) is 11.1. The SMILES string of the molecule is BCc1ccccc1COC(=O)CS(=O)(=O)O. The lowest BCUT2D eigenvalue weighted by atomic mass is 9.93. The Hall–Kier alpha value is -1.34. The first-order valence-electron chi connectivity index (χ1n) is 5.10. The molecular formula is C10H13BO5S. The van der Waals surface area contributed by atoms with Crippen molar-refractivity contribution in [2.24, 2.45) is 0 Å². The molecule has 0 heterocycles. The molecule has 17 heavy (non-hydrogen) atoms. The molecule has 0 bridgehead atoms. The molecular weight excluding hydrogens is 243 g/mol. The van der Waals surface area contributed by atoms with E-state index in [9.17, 15) is 13.2 Å². The van der Waals surface area contributed by atoms with Crippen LogP contribution in [0.3, 0.4) is 0 Å². The zero-order chi connectivity index (χ0) is 12.9. The molecule has 0 aliphatic carbocycles. The molecule has 0 radical (unpaired) electrons. The van der Waals surface area contributed by atoms with Crippen molar-refractivity contribution < 1.29 is 22.5 Å². The Balaban J connectivity index is 2.59. The highest BCUT2D eigenvalue weighted by atomic mass is 32.2. The van der Waals surface area contributed by atoms with Crippen molar-refractivity contribution in [2.75, 3.05) is 5.75 Å². The average molecular weight is 256 g/mol. The van der Waals surface area contributed by atoms with Gasteiger partial charge >= 0.3 is 5.97 Å². The van der Waals surface area contributed by atoms with Crippen LogP contribution in [0, 0.1) is 0 Å². The third-order valence-corrected chi connectivity index (χ3v) is 2.79. The molecule has 0 saturated heterocycles. The van der Waals surface area contributed by atoms with E-state index in [0.29, 0.717) is 0 Å². The van der Waals surface area contributed by atoms with Gasteiger partial charge in [0.1, 0.15) is 14.5 Å². The predicted octanol–water partition coefficient (Wildman–Crippen LogP) is -0.249. The van der Waals surface area contributed by atoms with Gasteiger partial charge in [-0.25, -0.2) is 0 Å². The number of hydrogen-bond acceptors (Lipinski definition) is 4. The van der Waals surface area contributed by atoms with Crippen LogP contribution in [0.5, 0.6) is 0 Å². The van der Waals surface area contributed by atoms with Gasteiger partial charge in [0, 0.05) is 0 Å². The van der Waals surface area contributed by atoms with Gasteiger partial charge in [-0.2, -0.15) is 8.42 Å². The van der Waals surface area contributed by atoms with Crippen molar-refractivity contribution >= 4 is 23.9 Å². The fourth-order valence-corrected chi connectivity index (χ4v) is 1.77. The van der Waals surface area contributed by atoms with Crippen molar-refractivity contribution in [1.29, 1.82) is 0 Å². The average Bonchev–Trinajstić information content (AvgIpc) is 2.24. The van der Waals surface area contributed by atoms with Crippen LogP contribution in [0.4, 0.5) is 0 Å². The Labute approximate surface area is 101 Å². The number of carbonyl (C=O) groups excluding carboxylic acids is 1. The second-order valence-electron chi connectivity index (χ2n) is 3.51. The molecule has 1 aromatic rings. The van der Waals surface area contributed by atoms with Crippen LogP contribution in [-0.4, -0.2) is 32.5 Å². The molecule has 1 N–H and O–H groups in total. The molecule has 0 amide bonds. The van der Waals surface area contributed by atoms with E-state index >= 15 is 0 Å². The standard InChI is InChI=1S/C10H13BO5S/c11-5-8-3-1-2-4-9(8)6-16-10(12)7-17(13,14)15/h1-4H,5-7,11H2,(H,13,14,15). The molecule has 0 spiro atoms. The molecule has 92 valence electrons. The molecule has 5 nitrogen and oxygen atoms in total. The fraction of sp³-hybridized carbons (Fsp3) is 0.300. The maximum atomic E-state index is 11.1. The Morgan fingerprint density at radius 3 is 2.41 bits per heavy atom. The van der Waals surface area contributed by atoms with E-state index in [2.05, 4.69) is 0 Å². The zero-order valence-corrected chi connectivity index (χ0v) is 10.2. The highest BCUT2D eigenvalue weighted by molar-refractivity contribution is 7.86. The summed E-state index contributed by atoms with van der Waals surface area (Å²) in [7, 11) is -2.35. The van der Waals surface area contributed by atoms with Gasteiger partial charge in [0.25, 0.3) is 10.1 Å². The number of esters is 1. The summed E-state index contributed by atoms with van der Waals surface area (Å²) in [6.45, 7) is 0.0123. The molecule has 0 saturated carbocycles. The second kappa shape index (κ2) is 5.83. The summed E-state index contributed by atoms with van der Waals surface area (Å²) in [5.41, 5.74) is 1.87. The van der Waals surface area contributed by atoms with Gasteiger partial charge in [-0.3, -0.25) is 9.35 Å². The van der Waals surface area contributed by atoms with Crippen molar-refractivity contribution in [3.8, 4) is 0 Å². The van der Waals surface area contributed by atoms with E-state index in [-0.39, 0.29) is 6.61 Å². The number of rotatable bonds is 5. The molecule has 0 unspecified atom stereocenters. The van der Waals surface area contributed by atoms with Crippen LogP contribution in [0.15, 0.2) is 24.3 Å². The lowest BCUT2D eigenvalue weighted by Crippen LogP contribution is -2.17. The number of ether oxygens (including phenoxy) is 1. The monoisotopic (exact) mass is 256 g/mol. The minimum Gasteiger partial charge on any atom is -0.460 e. The molecule has 1 aromatic carbocycles. The van der Waals surface area contributed by atoms with E-state index in [4.69, 9.17) is 9.29 Å². The van der Waals surface area contributed by atoms with Crippen LogP contribution in [0.1, 0.15) is 11.1 Å². The molecule has 7 heteroatoms. The minimum atomic E-state index is -4.32. The number of carbonyl (C=O) groups is 1. The van der Waals surface area contributed by atoms with Gasteiger partial charge in [-0.15, -0.1) is 0 Å². The summed E-state index contributed by atoms with van der Waals surface area (Å²) in [5, 5.41) is 0. The lowest BCUT2D eigenvalue weighted by molar-refractivity contribution is -0.141. The fourth-order valence-electron chi connectivity index (χ4n) is 1.39. The maximum absolute atomic E-state index is 11.1. The predicted molar refractivity (Wildman–Crippen MR) is 64.9 cm³/mol. The van der Waals surface area contributed by atoms with Crippen molar-refractivity contribution in [1.82, 2.24) is 0 Å². The van der Waals surface area contributed by atoms with Gasteiger partial charge in [0.15, 0.2) is 5.75 Å². The van der Waals surface area contributed by atoms with E-state index in [0.717, 1.165) is 17.4 Å². The minimum absolute atomic E-state index is 0.0123. The van der Waals surface area contributed by atoms with Crippen LogP contribution < -0.4 is 0 Å². The molecule has 1 rings (SSSR count). The molecule has 0 atom stereocenters. The smallest absolute Gasteiger partial charge is 0.323 e. The first kappa shape index (κ1) is 13.7. The maximum Gasteiger partial charge on any atom is 0.323 e. The zero-order valence-electron chi connectivity index (χ0n) is 9.42. The summed E-state index contributed by atoms with van der Waals surface area (Å²) >= 11 is 0. The Bertz CT molecular complexity index is 497.